The monoisotopic (exact) mass is 418 g/mol. The van der Waals surface area contributed by atoms with Crippen LogP contribution in [0.2, 0.25) is 0 Å². The highest BCUT2D eigenvalue weighted by atomic mass is 16.5. The van der Waals surface area contributed by atoms with E-state index in [0.29, 0.717) is 17.9 Å². The summed E-state index contributed by atoms with van der Waals surface area (Å²) in [5, 5.41) is 30.6. The average Bonchev–Trinajstić information content (AvgIpc) is 2.70. The van der Waals surface area contributed by atoms with Crippen LogP contribution in [-0.2, 0) is 9.53 Å². The van der Waals surface area contributed by atoms with Crippen LogP contribution in [-0.4, -0.2) is 52.0 Å². The standard InChI is InChI=1S/C23H30O7/c1-4-5-11-29-17-12-16-7-6-8-18(24)22(27)19(25)10-9-14(2)15(3)30-23(28)21(16)20(26)13-17/h6-7,9-10,12-15,18,22,24,26-27H,4-5,8,11H2,1-3H3/b7-6+,10-9-/t14-,15-,18-,22-/m0/s1. The quantitative estimate of drug-likeness (QED) is 0.509. The second-order valence-electron chi connectivity index (χ2n) is 7.49. The number of aliphatic hydroxyl groups excluding tert-OH is 2. The first kappa shape index (κ1) is 23.6. The molecule has 0 unspecified atom stereocenters. The third kappa shape index (κ3) is 6.18. The number of ketones is 1. The summed E-state index contributed by atoms with van der Waals surface area (Å²) in [4.78, 5) is 24.8. The fraction of sp³-hybridized carbons (Fsp3) is 0.478. The van der Waals surface area contributed by atoms with Crippen LogP contribution in [0, 0.1) is 5.92 Å². The number of rotatable bonds is 4. The molecule has 0 aromatic heterocycles. The Morgan fingerprint density at radius 2 is 1.90 bits per heavy atom. The summed E-state index contributed by atoms with van der Waals surface area (Å²) >= 11 is 0. The molecule has 0 saturated heterocycles. The number of benzene rings is 1. The summed E-state index contributed by atoms with van der Waals surface area (Å²) in [6.45, 7) is 5.92. The number of phenolic OH excluding ortho intramolecular Hbond substituents is 1. The van der Waals surface area contributed by atoms with Gasteiger partial charge in [0.1, 0.15) is 29.3 Å². The Morgan fingerprint density at radius 3 is 2.60 bits per heavy atom. The number of unbranched alkanes of at least 4 members (excludes halogenated alkanes) is 1. The molecule has 7 nitrogen and oxygen atoms in total. The van der Waals surface area contributed by atoms with Crippen LogP contribution in [0.1, 0.15) is 56.0 Å². The molecule has 1 aromatic carbocycles. The molecule has 7 heteroatoms. The molecule has 0 fully saturated rings. The molecule has 0 radical (unpaired) electrons. The molecule has 1 aliphatic rings. The number of phenols is 1. The van der Waals surface area contributed by atoms with Gasteiger partial charge in [-0.15, -0.1) is 0 Å². The Hall–Kier alpha value is -2.64. The highest BCUT2D eigenvalue weighted by Gasteiger charge is 2.25. The number of carbonyl (C=O) groups is 2. The van der Waals surface area contributed by atoms with Crippen molar-refractivity contribution in [2.75, 3.05) is 6.61 Å². The number of aliphatic hydroxyl groups is 2. The predicted molar refractivity (Wildman–Crippen MR) is 112 cm³/mol. The number of carbonyl (C=O) groups excluding carboxylic acids is 2. The Kier molecular flexibility index (Phi) is 8.62. The van der Waals surface area contributed by atoms with Gasteiger partial charge in [0.2, 0.25) is 0 Å². The van der Waals surface area contributed by atoms with Crippen molar-refractivity contribution in [3.8, 4) is 11.5 Å². The van der Waals surface area contributed by atoms with E-state index in [9.17, 15) is 24.9 Å². The van der Waals surface area contributed by atoms with Gasteiger partial charge in [-0.05, 0) is 37.5 Å². The predicted octanol–water partition coefficient (Wildman–Crippen LogP) is 3.02. The van der Waals surface area contributed by atoms with Gasteiger partial charge in [-0.1, -0.05) is 38.5 Å². The maximum absolute atomic E-state index is 12.8. The van der Waals surface area contributed by atoms with E-state index in [1.807, 2.05) is 6.92 Å². The Balaban J connectivity index is 2.44. The Morgan fingerprint density at radius 1 is 1.17 bits per heavy atom. The molecule has 4 atom stereocenters. The van der Waals surface area contributed by atoms with Crippen molar-refractivity contribution in [3.63, 3.8) is 0 Å². The van der Waals surface area contributed by atoms with Crippen molar-refractivity contribution < 1.29 is 34.4 Å². The Bertz CT molecular complexity index is 812. The zero-order chi connectivity index (χ0) is 22.3. The average molecular weight is 418 g/mol. The van der Waals surface area contributed by atoms with E-state index < -0.39 is 30.1 Å². The first-order chi connectivity index (χ1) is 14.2. The number of cyclic esters (lactones) is 1. The number of fused-ring (bicyclic) bond motifs is 1. The first-order valence-corrected chi connectivity index (χ1v) is 10.2. The van der Waals surface area contributed by atoms with Gasteiger partial charge < -0.3 is 24.8 Å². The highest BCUT2D eigenvalue weighted by molar-refractivity contribution is 5.97. The van der Waals surface area contributed by atoms with Crippen LogP contribution in [0.25, 0.3) is 6.08 Å². The molecule has 3 N–H and O–H groups in total. The van der Waals surface area contributed by atoms with Gasteiger partial charge in [0.25, 0.3) is 0 Å². The van der Waals surface area contributed by atoms with Crippen LogP contribution in [0.3, 0.4) is 0 Å². The van der Waals surface area contributed by atoms with Gasteiger partial charge >= 0.3 is 5.97 Å². The van der Waals surface area contributed by atoms with Crippen LogP contribution >= 0.6 is 0 Å². The largest absolute Gasteiger partial charge is 0.507 e. The van der Waals surface area contributed by atoms with Crippen LogP contribution in [0.4, 0.5) is 0 Å². The van der Waals surface area contributed by atoms with E-state index in [1.165, 1.54) is 30.4 Å². The number of hydrogen-bond acceptors (Lipinski definition) is 7. The van der Waals surface area contributed by atoms with E-state index in [1.54, 1.807) is 19.9 Å². The molecule has 1 aliphatic heterocycles. The molecular weight excluding hydrogens is 388 g/mol. The summed E-state index contributed by atoms with van der Waals surface area (Å²) in [7, 11) is 0. The van der Waals surface area contributed by atoms with E-state index in [0.717, 1.165) is 12.8 Å². The summed E-state index contributed by atoms with van der Waals surface area (Å²) in [6, 6.07) is 2.98. The van der Waals surface area contributed by atoms with Gasteiger partial charge in [0.15, 0.2) is 5.78 Å². The van der Waals surface area contributed by atoms with Crippen molar-refractivity contribution in [3.05, 3.63) is 41.5 Å². The van der Waals surface area contributed by atoms with Crippen molar-refractivity contribution in [2.24, 2.45) is 5.92 Å². The van der Waals surface area contributed by atoms with E-state index in [-0.39, 0.29) is 23.7 Å². The maximum atomic E-state index is 12.8. The minimum atomic E-state index is -1.56. The molecule has 1 aromatic rings. The molecule has 2 rings (SSSR count). The lowest BCUT2D eigenvalue weighted by atomic mass is 9.99. The van der Waals surface area contributed by atoms with Crippen molar-refractivity contribution in [1.82, 2.24) is 0 Å². The molecule has 0 amide bonds. The zero-order valence-corrected chi connectivity index (χ0v) is 17.6. The van der Waals surface area contributed by atoms with Crippen LogP contribution in [0.15, 0.2) is 30.4 Å². The summed E-state index contributed by atoms with van der Waals surface area (Å²) in [5.74, 6) is -1.53. The van der Waals surface area contributed by atoms with Gasteiger partial charge in [-0.25, -0.2) is 4.79 Å². The van der Waals surface area contributed by atoms with Crippen LogP contribution in [0.5, 0.6) is 11.5 Å². The lowest BCUT2D eigenvalue weighted by molar-refractivity contribution is -0.127. The molecular formula is C23H30O7. The third-order valence-electron chi connectivity index (χ3n) is 5.02. The maximum Gasteiger partial charge on any atom is 0.342 e. The number of esters is 1. The minimum Gasteiger partial charge on any atom is -0.507 e. The summed E-state index contributed by atoms with van der Waals surface area (Å²) in [6.07, 6.45) is 4.06. The first-order valence-electron chi connectivity index (χ1n) is 10.2. The number of aromatic hydroxyl groups is 1. The SMILES string of the molecule is CCCCOc1cc(O)c2c(c1)/C=C/C[C@H](O)[C@H](O)C(=O)/C=C\[C@H](C)[C@H](C)OC2=O. The highest BCUT2D eigenvalue weighted by Crippen LogP contribution is 2.31. The fourth-order valence-electron chi connectivity index (χ4n) is 2.88. The normalized spacial score (nSPS) is 27.5. The molecule has 164 valence electrons. The van der Waals surface area contributed by atoms with Gasteiger partial charge in [-0.2, -0.15) is 0 Å². The third-order valence-corrected chi connectivity index (χ3v) is 5.02. The molecule has 0 aliphatic carbocycles. The molecule has 0 spiro atoms. The topological polar surface area (TPSA) is 113 Å². The van der Waals surface area contributed by atoms with Gasteiger partial charge in [0.05, 0.1) is 12.7 Å². The molecule has 30 heavy (non-hydrogen) atoms. The van der Waals surface area contributed by atoms with Crippen molar-refractivity contribution in [2.45, 2.75) is 58.3 Å². The lowest BCUT2D eigenvalue weighted by Gasteiger charge is -2.20. The van der Waals surface area contributed by atoms with E-state index >= 15 is 0 Å². The number of ether oxygens (including phenoxy) is 2. The fourth-order valence-corrected chi connectivity index (χ4v) is 2.88. The smallest absolute Gasteiger partial charge is 0.342 e. The van der Waals surface area contributed by atoms with Crippen molar-refractivity contribution in [1.29, 1.82) is 0 Å². The van der Waals surface area contributed by atoms with Gasteiger partial charge in [-0.3, -0.25) is 4.79 Å². The second-order valence-corrected chi connectivity index (χ2v) is 7.49. The zero-order valence-electron chi connectivity index (χ0n) is 17.6. The van der Waals surface area contributed by atoms with E-state index in [2.05, 4.69) is 0 Å². The van der Waals surface area contributed by atoms with Gasteiger partial charge in [0, 0.05) is 12.0 Å². The summed E-state index contributed by atoms with van der Waals surface area (Å²) in [5.41, 5.74) is 0.340. The molecule has 0 saturated carbocycles. The van der Waals surface area contributed by atoms with Crippen LogP contribution < -0.4 is 4.74 Å². The molecule has 1 heterocycles. The molecule has 0 bridgehead atoms. The summed E-state index contributed by atoms with van der Waals surface area (Å²) < 4.78 is 11.1. The Labute approximate surface area is 176 Å². The van der Waals surface area contributed by atoms with Crippen molar-refractivity contribution >= 4 is 17.8 Å². The van der Waals surface area contributed by atoms with E-state index in [4.69, 9.17) is 9.47 Å². The minimum absolute atomic E-state index is 0.0136. The lowest BCUT2D eigenvalue weighted by Crippen LogP contribution is -2.32. The second kappa shape index (κ2) is 10.9. The number of hydrogen-bond donors (Lipinski definition) is 3.